The molecule has 3 aliphatic rings. The molecule has 0 aromatic heterocycles. The molecule has 29 heavy (non-hydrogen) atoms. The predicted molar refractivity (Wildman–Crippen MR) is 105 cm³/mol. The van der Waals surface area contributed by atoms with Crippen molar-refractivity contribution >= 4 is 0 Å². The predicted octanol–water partition coefficient (Wildman–Crippen LogP) is -1.30. The van der Waals surface area contributed by atoms with E-state index in [4.69, 9.17) is 37.9 Å². The maximum Gasteiger partial charge on any atom is 1.00 e. The smallest absolute Gasteiger partial charge is 0.381 e. The molecule has 0 aromatic carbocycles. The van der Waals surface area contributed by atoms with Crippen molar-refractivity contribution in [1.82, 2.24) is 0 Å². The van der Waals surface area contributed by atoms with E-state index in [-0.39, 0.29) is 29.6 Å². The van der Waals surface area contributed by atoms with E-state index in [1.165, 1.54) is 25.7 Å². The van der Waals surface area contributed by atoms with Crippen molar-refractivity contribution in [3.05, 3.63) is 0 Å². The molecule has 0 spiro atoms. The monoisotopic (exact) mass is 431 g/mol. The molecule has 0 aliphatic carbocycles. The van der Waals surface area contributed by atoms with Gasteiger partial charge in [0.25, 0.3) is 0 Å². The van der Waals surface area contributed by atoms with Gasteiger partial charge in [-0.1, -0.05) is 0 Å². The second kappa shape index (κ2) is 26.7. The molecule has 3 saturated heterocycles. The molecule has 3 aliphatic heterocycles. The van der Waals surface area contributed by atoms with Crippen LogP contribution in [0, 0.1) is 0 Å². The standard InChI is InChI=1S/C12H24O6.2C4H8O.Na/c1-2-14-5-6-16-9-10-18-12-11-17-8-7-15-4-3-13-1;2*1-2-4-5-3-1;/h1-12H2;2*1-4H2;/q;;;+1. The summed E-state index contributed by atoms with van der Waals surface area (Å²) in [6, 6.07) is 0. The molecule has 3 fully saturated rings. The molecule has 0 bridgehead atoms. The molecular weight excluding hydrogens is 391 g/mol. The Morgan fingerprint density at radius 2 is 0.345 bits per heavy atom. The van der Waals surface area contributed by atoms with Gasteiger partial charge >= 0.3 is 29.6 Å². The topological polar surface area (TPSA) is 73.8 Å². The van der Waals surface area contributed by atoms with Crippen LogP contribution in [0.4, 0.5) is 0 Å². The molecular formula is C20H40NaO8+. The molecule has 0 radical (unpaired) electrons. The minimum atomic E-state index is 0. The quantitative estimate of drug-likeness (QED) is 0.438. The Morgan fingerprint density at radius 3 is 0.448 bits per heavy atom. The van der Waals surface area contributed by atoms with Crippen LogP contribution in [0.15, 0.2) is 0 Å². The van der Waals surface area contributed by atoms with Crippen molar-refractivity contribution in [3.8, 4) is 0 Å². The van der Waals surface area contributed by atoms with E-state index in [1.54, 1.807) is 0 Å². The summed E-state index contributed by atoms with van der Waals surface area (Å²) in [6.45, 7) is 11.0. The minimum absolute atomic E-state index is 0. The van der Waals surface area contributed by atoms with Crippen LogP contribution in [0.1, 0.15) is 25.7 Å². The van der Waals surface area contributed by atoms with Crippen LogP contribution in [-0.2, 0) is 37.9 Å². The molecule has 3 rings (SSSR count). The largest absolute Gasteiger partial charge is 1.00 e. The summed E-state index contributed by atoms with van der Waals surface area (Å²) in [5.41, 5.74) is 0. The van der Waals surface area contributed by atoms with Crippen LogP contribution in [0.25, 0.3) is 0 Å². The van der Waals surface area contributed by atoms with Crippen molar-refractivity contribution in [1.29, 1.82) is 0 Å². The van der Waals surface area contributed by atoms with E-state index < -0.39 is 0 Å². The Kier molecular flexibility index (Phi) is 27.3. The summed E-state index contributed by atoms with van der Waals surface area (Å²) in [4.78, 5) is 0. The molecule has 0 unspecified atom stereocenters. The van der Waals surface area contributed by atoms with Crippen LogP contribution in [0.2, 0.25) is 0 Å². The Balaban J connectivity index is 0.000000575. The first-order valence-electron chi connectivity index (χ1n) is 10.6. The van der Waals surface area contributed by atoms with Crippen LogP contribution in [0.5, 0.6) is 0 Å². The summed E-state index contributed by atoms with van der Waals surface area (Å²) in [5, 5.41) is 0. The molecule has 0 atom stereocenters. The van der Waals surface area contributed by atoms with E-state index in [0.29, 0.717) is 79.3 Å². The van der Waals surface area contributed by atoms with Gasteiger partial charge in [0, 0.05) is 26.4 Å². The number of hydrogen-bond donors (Lipinski definition) is 0. The molecule has 0 N–H and O–H groups in total. The third-order valence-electron chi connectivity index (χ3n) is 3.89. The summed E-state index contributed by atoms with van der Waals surface area (Å²) in [6.07, 6.45) is 5.11. The van der Waals surface area contributed by atoms with Gasteiger partial charge in [-0.2, -0.15) is 0 Å². The Hall–Kier alpha value is 0.680. The van der Waals surface area contributed by atoms with Crippen molar-refractivity contribution in [2.75, 3.05) is 106 Å². The molecule has 9 heteroatoms. The summed E-state index contributed by atoms with van der Waals surface area (Å²) in [5.74, 6) is 0. The molecule has 3 heterocycles. The summed E-state index contributed by atoms with van der Waals surface area (Å²) < 4.78 is 41.9. The fraction of sp³-hybridized carbons (Fsp3) is 1.00. The van der Waals surface area contributed by atoms with E-state index in [2.05, 4.69) is 0 Å². The number of ether oxygens (including phenoxy) is 8. The van der Waals surface area contributed by atoms with Gasteiger partial charge in [-0.25, -0.2) is 0 Å². The van der Waals surface area contributed by atoms with Crippen molar-refractivity contribution < 1.29 is 67.5 Å². The number of hydrogen-bond acceptors (Lipinski definition) is 8. The van der Waals surface area contributed by atoms with E-state index in [9.17, 15) is 0 Å². The molecule has 0 aromatic rings. The zero-order valence-electron chi connectivity index (χ0n) is 18.4. The van der Waals surface area contributed by atoms with Gasteiger partial charge in [-0.3, -0.25) is 0 Å². The van der Waals surface area contributed by atoms with Gasteiger partial charge in [0.05, 0.1) is 79.3 Å². The van der Waals surface area contributed by atoms with Gasteiger partial charge in [-0.15, -0.1) is 0 Å². The van der Waals surface area contributed by atoms with E-state index in [0.717, 1.165) is 26.4 Å². The number of rotatable bonds is 0. The normalized spacial score (nSPS) is 23.2. The minimum Gasteiger partial charge on any atom is -0.381 e. The van der Waals surface area contributed by atoms with Gasteiger partial charge in [0.2, 0.25) is 0 Å². The maximum atomic E-state index is 5.33. The second-order valence-corrected chi connectivity index (χ2v) is 6.31. The third-order valence-corrected chi connectivity index (χ3v) is 3.89. The fourth-order valence-corrected chi connectivity index (χ4v) is 2.34. The van der Waals surface area contributed by atoms with Crippen molar-refractivity contribution in [2.24, 2.45) is 0 Å². The zero-order chi connectivity index (χ0) is 19.8. The molecule has 0 saturated carbocycles. The summed E-state index contributed by atoms with van der Waals surface area (Å²) in [7, 11) is 0. The first-order chi connectivity index (χ1) is 14.0. The first kappa shape index (κ1) is 29.7. The SMILES string of the molecule is C1CCOC1.C1CCOC1.C1COCCOCCOCCOCCOCCO1.[Na+]. The molecule has 0 amide bonds. The van der Waals surface area contributed by atoms with Crippen LogP contribution in [-0.4, -0.2) is 106 Å². The van der Waals surface area contributed by atoms with Crippen LogP contribution in [0.3, 0.4) is 0 Å². The van der Waals surface area contributed by atoms with E-state index >= 15 is 0 Å². The third kappa shape index (κ3) is 24.8. The van der Waals surface area contributed by atoms with Crippen molar-refractivity contribution in [2.45, 2.75) is 25.7 Å². The van der Waals surface area contributed by atoms with Gasteiger partial charge in [-0.05, 0) is 25.7 Å². The summed E-state index contributed by atoms with van der Waals surface area (Å²) >= 11 is 0. The molecule has 168 valence electrons. The van der Waals surface area contributed by atoms with Gasteiger partial charge in [0.1, 0.15) is 0 Å². The Morgan fingerprint density at radius 1 is 0.207 bits per heavy atom. The Labute approximate surface area is 198 Å². The van der Waals surface area contributed by atoms with Gasteiger partial charge in [0.15, 0.2) is 0 Å². The molecule has 8 nitrogen and oxygen atoms in total. The van der Waals surface area contributed by atoms with Crippen LogP contribution < -0.4 is 29.6 Å². The fourth-order valence-electron chi connectivity index (χ4n) is 2.34. The van der Waals surface area contributed by atoms with Gasteiger partial charge < -0.3 is 37.9 Å². The van der Waals surface area contributed by atoms with E-state index in [1.807, 2.05) is 0 Å². The first-order valence-corrected chi connectivity index (χ1v) is 10.6. The van der Waals surface area contributed by atoms with Crippen LogP contribution >= 0.6 is 0 Å². The maximum absolute atomic E-state index is 5.33. The van der Waals surface area contributed by atoms with Crippen molar-refractivity contribution in [3.63, 3.8) is 0 Å². The zero-order valence-corrected chi connectivity index (χ0v) is 20.4. The Bertz CT molecular complexity index is 191. The average Bonchev–Trinajstić information content (AvgIpc) is 3.46. The average molecular weight is 432 g/mol. The second-order valence-electron chi connectivity index (χ2n) is 6.31.